The van der Waals surface area contributed by atoms with Gasteiger partial charge in [-0.15, -0.1) is 0 Å². The van der Waals surface area contributed by atoms with Crippen LogP contribution in [-0.4, -0.2) is 36.0 Å². The van der Waals surface area contributed by atoms with E-state index in [9.17, 15) is 9.18 Å². The number of hydrogen-bond acceptors (Lipinski definition) is 2. The molecule has 1 heterocycles. The molecule has 3 nitrogen and oxygen atoms in total. The molecule has 1 aliphatic heterocycles. The minimum atomic E-state index is -0.325. The summed E-state index contributed by atoms with van der Waals surface area (Å²) in [5, 5.41) is 3.26. The third-order valence-corrected chi connectivity index (χ3v) is 3.46. The Labute approximate surface area is 107 Å². The molecule has 1 N–H and O–H groups in total. The number of halogens is 1. The standard InChI is InChI=1S/C14H19FN2O/c1-10-4-5-11(8-12(10)15)13(18)17-7-6-16-9-14(17,2)3/h4-5,8,16H,6-7,9H2,1-3H3. The van der Waals surface area contributed by atoms with E-state index < -0.39 is 0 Å². The van der Waals surface area contributed by atoms with Gasteiger partial charge in [-0.2, -0.15) is 0 Å². The van der Waals surface area contributed by atoms with Crippen LogP contribution in [-0.2, 0) is 0 Å². The lowest BCUT2D eigenvalue weighted by Gasteiger charge is -2.42. The Bertz CT molecular complexity index is 471. The average Bonchev–Trinajstić information content (AvgIpc) is 2.31. The molecule has 0 aromatic heterocycles. The molecule has 18 heavy (non-hydrogen) atoms. The van der Waals surface area contributed by atoms with Gasteiger partial charge in [0.2, 0.25) is 0 Å². The first-order chi connectivity index (χ1) is 8.42. The molecule has 0 aliphatic carbocycles. The molecule has 0 unspecified atom stereocenters. The van der Waals surface area contributed by atoms with Crippen molar-refractivity contribution in [2.45, 2.75) is 26.3 Å². The van der Waals surface area contributed by atoms with Crippen LogP contribution in [0.25, 0.3) is 0 Å². The summed E-state index contributed by atoms with van der Waals surface area (Å²) in [5.41, 5.74) is 0.746. The molecule has 1 aromatic rings. The van der Waals surface area contributed by atoms with Crippen molar-refractivity contribution in [1.29, 1.82) is 0 Å². The number of amides is 1. The van der Waals surface area contributed by atoms with E-state index in [-0.39, 0.29) is 17.3 Å². The Morgan fingerprint density at radius 3 is 2.78 bits per heavy atom. The van der Waals surface area contributed by atoms with Gasteiger partial charge in [0, 0.05) is 25.2 Å². The van der Waals surface area contributed by atoms with Gasteiger partial charge in [0.15, 0.2) is 0 Å². The van der Waals surface area contributed by atoms with Crippen molar-refractivity contribution < 1.29 is 9.18 Å². The lowest BCUT2D eigenvalue weighted by atomic mass is 9.98. The molecule has 0 atom stereocenters. The SMILES string of the molecule is Cc1ccc(C(=O)N2CCNCC2(C)C)cc1F. The molecule has 1 aromatic carbocycles. The Kier molecular flexibility index (Phi) is 3.39. The van der Waals surface area contributed by atoms with Crippen LogP contribution in [0.1, 0.15) is 29.8 Å². The van der Waals surface area contributed by atoms with Gasteiger partial charge in [-0.25, -0.2) is 4.39 Å². The van der Waals surface area contributed by atoms with Gasteiger partial charge in [0.25, 0.3) is 5.91 Å². The molecule has 1 saturated heterocycles. The highest BCUT2D eigenvalue weighted by molar-refractivity contribution is 5.94. The van der Waals surface area contributed by atoms with Gasteiger partial charge in [-0.3, -0.25) is 4.79 Å². The monoisotopic (exact) mass is 250 g/mol. The Hall–Kier alpha value is -1.42. The third-order valence-electron chi connectivity index (χ3n) is 3.46. The van der Waals surface area contributed by atoms with Crippen LogP contribution in [0.15, 0.2) is 18.2 Å². The van der Waals surface area contributed by atoms with Crippen LogP contribution in [0.5, 0.6) is 0 Å². The maximum atomic E-state index is 13.5. The first-order valence-corrected chi connectivity index (χ1v) is 6.21. The second-order valence-corrected chi connectivity index (χ2v) is 5.41. The van der Waals surface area contributed by atoms with Gasteiger partial charge in [0.1, 0.15) is 5.82 Å². The van der Waals surface area contributed by atoms with Crippen LogP contribution >= 0.6 is 0 Å². The lowest BCUT2D eigenvalue weighted by molar-refractivity contribution is 0.0477. The highest BCUT2D eigenvalue weighted by Gasteiger charge is 2.33. The maximum Gasteiger partial charge on any atom is 0.254 e. The fourth-order valence-corrected chi connectivity index (χ4v) is 2.24. The molecule has 98 valence electrons. The highest BCUT2D eigenvalue weighted by atomic mass is 19.1. The molecular weight excluding hydrogens is 231 g/mol. The summed E-state index contributed by atoms with van der Waals surface area (Å²) in [5.74, 6) is -0.422. The molecule has 0 saturated carbocycles. The van der Waals surface area contributed by atoms with Gasteiger partial charge in [0.05, 0.1) is 5.54 Å². The predicted octanol–water partition coefficient (Wildman–Crippen LogP) is 1.96. The number of carbonyl (C=O) groups is 1. The first kappa shape index (κ1) is 13.0. The minimum Gasteiger partial charge on any atom is -0.331 e. The zero-order valence-corrected chi connectivity index (χ0v) is 11.1. The minimum absolute atomic E-state index is 0.0969. The number of aryl methyl sites for hydroxylation is 1. The number of hydrogen-bond donors (Lipinski definition) is 1. The quantitative estimate of drug-likeness (QED) is 0.826. The molecule has 0 radical (unpaired) electrons. The maximum absolute atomic E-state index is 13.5. The number of rotatable bonds is 1. The van der Waals surface area contributed by atoms with E-state index in [4.69, 9.17) is 0 Å². The zero-order chi connectivity index (χ0) is 13.3. The second-order valence-electron chi connectivity index (χ2n) is 5.41. The Balaban J connectivity index is 2.27. The van der Waals surface area contributed by atoms with Crippen molar-refractivity contribution in [1.82, 2.24) is 10.2 Å². The highest BCUT2D eigenvalue weighted by Crippen LogP contribution is 2.20. The number of benzene rings is 1. The van der Waals surface area contributed by atoms with E-state index in [2.05, 4.69) is 5.32 Å². The summed E-state index contributed by atoms with van der Waals surface area (Å²) in [4.78, 5) is 14.2. The van der Waals surface area contributed by atoms with Crippen LogP contribution in [0.3, 0.4) is 0 Å². The van der Waals surface area contributed by atoms with Crippen LogP contribution < -0.4 is 5.32 Å². The smallest absolute Gasteiger partial charge is 0.254 e. The molecule has 4 heteroatoms. The summed E-state index contributed by atoms with van der Waals surface area (Å²) < 4.78 is 13.5. The van der Waals surface area contributed by atoms with E-state index >= 15 is 0 Å². The molecule has 0 spiro atoms. The van der Waals surface area contributed by atoms with E-state index in [1.807, 2.05) is 18.7 Å². The topological polar surface area (TPSA) is 32.3 Å². The molecule has 2 rings (SSSR count). The van der Waals surface area contributed by atoms with Crippen molar-refractivity contribution in [2.75, 3.05) is 19.6 Å². The molecule has 1 fully saturated rings. The van der Waals surface area contributed by atoms with E-state index in [0.717, 1.165) is 13.1 Å². The summed E-state index contributed by atoms with van der Waals surface area (Å²) in [7, 11) is 0. The van der Waals surface area contributed by atoms with E-state index in [1.54, 1.807) is 19.1 Å². The van der Waals surface area contributed by atoms with Crippen molar-refractivity contribution in [3.8, 4) is 0 Å². The second kappa shape index (κ2) is 4.69. The van der Waals surface area contributed by atoms with Crippen molar-refractivity contribution >= 4 is 5.91 Å². The fraction of sp³-hybridized carbons (Fsp3) is 0.500. The molecule has 1 aliphatic rings. The number of carbonyl (C=O) groups excluding carboxylic acids is 1. The Morgan fingerprint density at radius 1 is 1.44 bits per heavy atom. The largest absolute Gasteiger partial charge is 0.331 e. The van der Waals surface area contributed by atoms with Crippen molar-refractivity contribution in [3.63, 3.8) is 0 Å². The predicted molar refractivity (Wildman–Crippen MR) is 69.1 cm³/mol. The summed E-state index contributed by atoms with van der Waals surface area (Å²) >= 11 is 0. The normalized spacial score (nSPS) is 18.8. The van der Waals surface area contributed by atoms with E-state index in [1.165, 1.54) is 6.07 Å². The van der Waals surface area contributed by atoms with Gasteiger partial charge in [-0.1, -0.05) is 6.07 Å². The van der Waals surface area contributed by atoms with Crippen molar-refractivity contribution in [3.05, 3.63) is 35.1 Å². The zero-order valence-electron chi connectivity index (χ0n) is 11.1. The first-order valence-electron chi connectivity index (χ1n) is 6.21. The van der Waals surface area contributed by atoms with E-state index in [0.29, 0.717) is 17.7 Å². The summed E-state index contributed by atoms with van der Waals surface area (Å²) in [6, 6.07) is 4.67. The van der Waals surface area contributed by atoms with Crippen LogP contribution in [0.4, 0.5) is 4.39 Å². The number of piperazine rings is 1. The molecule has 1 amide bonds. The third kappa shape index (κ3) is 2.38. The summed E-state index contributed by atoms with van der Waals surface area (Å²) in [6.07, 6.45) is 0. The molecule has 0 bridgehead atoms. The number of nitrogens with one attached hydrogen (secondary N) is 1. The van der Waals surface area contributed by atoms with Gasteiger partial charge < -0.3 is 10.2 Å². The summed E-state index contributed by atoms with van der Waals surface area (Å²) in [6.45, 7) is 7.92. The average molecular weight is 250 g/mol. The van der Waals surface area contributed by atoms with Crippen LogP contribution in [0.2, 0.25) is 0 Å². The lowest BCUT2D eigenvalue weighted by Crippen LogP contribution is -2.59. The number of nitrogens with zero attached hydrogens (tertiary/aromatic N) is 1. The van der Waals surface area contributed by atoms with Crippen molar-refractivity contribution in [2.24, 2.45) is 0 Å². The van der Waals surface area contributed by atoms with Gasteiger partial charge >= 0.3 is 0 Å². The fourth-order valence-electron chi connectivity index (χ4n) is 2.24. The van der Waals surface area contributed by atoms with Crippen LogP contribution in [0, 0.1) is 12.7 Å². The Morgan fingerprint density at radius 2 is 2.17 bits per heavy atom. The molecular formula is C14H19FN2O. The van der Waals surface area contributed by atoms with Gasteiger partial charge in [-0.05, 0) is 38.5 Å².